The van der Waals surface area contributed by atoms with Gasteiger partial charge >= 0.3 is 18.2 Å². The number of nitrogens with one attached hydrogen (secondary N) is 2. The average Bonchev–Trinajstić information content (AvgIpc) is 3.82. The zero-order valence-corrected chi connectivity index (χ0v) is 33.5. The van der Waals surface area contributed by atoms with E-state index >= 15 is 0 Å². The highest BCUT2D eigenvalue weighted by molar-refractivity contribution is 5.95. The van der Waals surface area contributed by atoms with Gasteiger partial charge in [-0.1, -0.05) is 78.9 Å². The number of aliphatic hydroxyl groups is 2. The minimum absolute atomic E-state index is 0. The quantitative estimate of drug-likeness (QED) is 0.0582. The fourth-order valence-electron chi connectivity index (χ4n) is 6.63. The van der Waals surface area contributed by atoms with Crippen LogP contribution in [-0.2, 0) is 38.6 Å². The van der Waals surface area contributed by atoms with Crippen molar-refractivity contribution < 1.29 is 48.0 Å². The third kappa shape index (κ3) is 11.3. The van der Waals surface area contributed by atoms with Crippen LogP contribution in [0.2, 0.25) is 0 Å². The highest BCUT2D eigenvalue weighted by atomic mass is 35.5. The van der Waals surface area contributed by atoms with Gasteiger partial charge in [0, 0.05) is 43.0 Å². The van der Waals surface area contributed by atoms with Gasteiger partial charge in [-0.3, -0.25) is 14.3 Å². The van der Waals surface area contributed by atoms with Crippen LogP contribution < -0.4 is 10.6 Å². The van der Waals surface area contributed by atoms with Crippen LogP contribution in [-0.4, -0.2) is 82.4 Å². The fraction of sp³-hybridized carbons (Fsp3) is 0.273. The number of benzene rings is 4. The summed E-state index contributed by atoms with van der Waals surface area (Å²) in [5, 5.41) is 25.8. The molecular formula is C44H47ClN4O10. The van der Waals surface area contributed by atoms with E-state index in [0.29, 0.717) is 47.4 Å². The maximum Gasteiger partial charge on any atom is 0.421 e. The maximum atomic E-state index is 14.1. The SMILES string of the molecule is CC(NC(=O)C(C)(Cc1cn(C(=O)OCOC(=O)c2ccc(CN(CCO)CCO)cc2)c2ccccc12)NC(=O)OCc1cc2ccccc2o1)c1ccccc1.Cl. The summed E-state index contributed by atoms with van der Waals surface area (Å²) in [6.45, 7) is 3.75. The van der Waals surface area contributed by atoms with E-state index in [2.05, 4.69) is 10.6 Å². The molecule has 0 bridgehead atoms. The predicted octanol–water partition coefficient (Wildman–Crippen LogP) is 6.50. The van der Waals surface area contributed by atoms with E-state index in [1.165, 1.54) is 10.8 Å². The molecule has 2 amide bonds. The zero-order valence-electron chi connectivity index (χ0n) is 32.7. The number of furan rings is 1. The first-order valence-electron chi connectivity index (χ1n) is 18.8. The Balaban J connectivity index is 0.00000661. The van der Waals surface area contributed by atoms with Gasteiger partial charge in [-0.05, 0) is 60.9 Å². The van der Waals surface area contributed by atoms with Crippen LogP contribution in [0.15, 0.2) is 120 Å². The Morgan fingerprint density at radius 2 is 1.53 bits per heavy atom. The number of carbonyl (C=O) groups excluding carboxylic acids is 4. The summed E-state index contributed by atoms with van der Waals surface area (Å²) in [7, 11) is 0. The van der Waals surface area contributed by atoms with Crippen molar-refractivity contribution in [3.8, 4) is 0 Å². The third-order valence-electron chi connectivity index (χ3n) is 9.68. The topological polar surface area (TPSA) is 182 Å². The van der Waals surface area contributed by atoms with Crippen LogP contribution >= 0.6 is 12.4 Å². The molecular weight excluding hydrogens is 780 g/mol. The number of rotatable bonds is 17. The number of esters is 1. The van der Waals surface area contributed by atoms with Crippen LogP contribution in [0.1, 0.15) is 52.7 Å². The third-order valence-corrected chi connectivity index (χ3v) is 9.68. The van der Waals surface area contributed by atoms with E-state index in [1.54, 1.807) is 61.5 Å². The minimum atomic E-state index is -1.58. The Morgan fingerprint density at radius 3 is 2.24 bits per heavy atom. The van der Waals surface area contributed by atoms with Crippen molar-refractivity contribution >= 4 is 58.3 Å². The molecule has 2 aromatic heterocycles. The van der Waals surface area contributed by atoms with Crippen LogP contribution in [0, 0.1) is 0 Å². The van der Waals surface area contributed by atoms with Crippen LogP contribution in [0.3, 0.4) is 0 Å². The summed E-state index contributed by atoms with van der Waals surface area (Å²) in [4.78, 5) is 55.6. The average molecular weight is 827 g/mol. The van der Waals surface area contributed by atoms with Crippen LogP contribution in [0.25, 0.3) is 21.9 Å². The van der Waals surface area contributed by atoms with E-state index in [4.69, 9.17) is 18.6 Å². The lowest BCUT2D eigenvalue weighted by Crippen LogP contribution is -2.58. The van der Waals surface area contributed by atoms with Crippen molar-refractivity contribution in [1.29, 1.82) is 0 Å². The standard InChI is InChI=1S/C44H46N4O10.ClH/c1-30(32-10-4-3-5-11-32)45-41(52)44(2,46-42(53)55-28-36-24-34-12-6-9-15-39(34)58-36)25-35-27-48(38-14-8-7-13-37(35)38)43(54)57-29-56-40(51)33-18-16-31(17-19-33)26-47(20-22-49)21-23-50;/h3-19,24,27,30,49-50H,20-23,25-26,28-29H2,1-2H3,(H,45,52)(H,46,53);1H. The lowest BCUT2D eigenvalue weighted by Gasteiger charge is -2.30. The van der Waals surface area contributed by atoms with Crippen LogP contribution in [0.4, 0.5) is 9.59 Å². The molecule has 2 heterocycles. The van der Waals surface area contributed by atoms with Gasteiger partial charge in [-0.25, -0.2) is 14.4 Å². The first-order valence-corrected chi connectivity index (χ1v) is 18.8. The second kappa shape index (κ2) is 20.5. The Kier molecular flexibility index (Phi) is 15.2. The highest BCUT2D eigenvalue weighted by Crippen LogP contribution is 2.27. The summed E-state index contributed by atoms with van der Waals surface area (Å²) < 4.78 is 23.2. The maximum absolute atomic E-state index is 14.1. The van der Waals surface area contributed by atoms with Gasteiger partial charge in [0.2, 0.25) is 12.7 Å². The molecule has 4 aromatic carbocycles. The molecule has 4 N–H and O–H groups in total. The molecule has 15 heteroatoms. The number of hydrogen-bond acceptors (Lipinski definition) is 11. The van der Waals surface area contributed by atoms with Crippen molar-refractivity contribution in [3.05, 3.63) is 143 Å². The molecule has 0 saturated carbocycles. The monoisotopic (exact) mass is 826 g/mol. The second-order valence-electron chi connectivity index (χ2n) is 14.0. The number of ether oxygens (including phenoxy) is 3. The smallest absolute Gasteiger partial charge is 0.421 e. The normalized spacial score (nSPS) is 12.6. The number of carbonyl (C=O) groups is 4. The van der Waals surface area contributed by atoms with Gasteiger partial charge in [-0.2, -0.15) is 0 Å². The van der Waals surface area contributed by atoms with Crippen molar-refractivity contribution in [2.75, 3.05) is 33.1 Å². The lowest BCUT2D eigenvalue weighted by molar-refractivity contribution is -0.127. The Morgan fingerprint density at radius 1 is 0.847 bits per heavy atom. The zero-order chi connectivity index (χ0) is 41.1. The summed E-state index contributed by atoms with van der Waals surface area (Å²) >= 11 is 0. The number of nitrogens with zero attached hydrogens (tertiary/aromatic N) is 2. The molecule has 0 radical (unpaired) electrons. The molecule has 0 aliphatic heterocycles. The lowest BCUT2D eigenvalue weighted by atomic mass is 9.91. The van der Waals surface area contributed by atoms with E-state index < -0.39 is 42.4 Å². The molecule has 0 spiro atoms. The van der Waals surface area contributed by atoms with E-state index in [1.807, 2.05) is 66.4 Å². The summed E-state index contributed by atoms with van der Waals surface area (Å²) in [6.07, 6.45) is -0.210. The molecule has 0 fully saturated rings. The van der Waals surface area contributed by atoms with E-state index in [-0.39, 0.29) is 44.2 Å². The molecule has 310 valence electrons. The summed E-state index contributed by atoms with van der Waals surface area (Å²) in [6, 6.07) is 31.8. The molecule has 0 aliphatic carbocycles. The minimum Gasteiger partial charge on any atom is -0.457 e. The number of hydrogen-bond donors (Lipinski definition) is 4. The van der Waals surface area contributed by atoms with Gasteiger partial charge < -0.3 is 39.5 Å². The van der Waals surface area contributed by atoms with Gasteiger partial charge in [0.15, 0.2) is 6.61 Å². The van der Waals surface area contributed by atoms with Crippen molar-refractivity contribution in [2.45, 2.75) is 45.0 Å². The van der Waals surface area contributed by atoms with Gasteiger partial charge in [0.1, 0.15) is 16.9 Å². The number of aromatic nitrogens is 1. The largest absolute Gasteiger partial charge is 0.457 e. The number of aliphatic hydroxyl groups excluding tert-OH is 2. The first kappa shape index (κ1) is 43.9. The van der Waals surface area contributed by atoms with Crippen molar-refractivity contribution in [1.82, 2.24) is 20.1 Å². The Labute approximate surface area is 347 Å². The molecule has 2 atom stereocenters. The molecule has 6 aromatic rings. The molecule has 59 heavy (non-hydrogen) atoms. The van der Waals surface area contributed by atoms with Gasteiger partial charge in [0.05, 0.1) is 30.3 Å². The molecule has 0 saturated heterocycles. The van der Waals surface area contributed by atoms with E-state index in [0.717, 1.165) is 16.5 Å². The fourth-order valence-corrected chi connectivity index (χ4v) is 6.63. The number of amides is 2. The number of fused-ring (bicyclic) bond motifs is 2. The summed E-state index contributed by atoms with van der Waals surface area (Å²) in [5.41, 5.74) is 2.06. The molecule has 6 rings (SSSR count). The summed E-state index contributed by atoms with van der Waals surface area (Å²) in [5.74, 6) is -0.761. The van der Waals surface area contributed by atoms with Crippen molar-refractivity contribution in [2.24, 2.45) is 0 Å². The molecule has 2 unspecified atom stereocenters. The molecule has 0 aliphatic rings. The molecule has 14 nitrogen and oxygen atoms in total. The number of halogens is 1. The number of alkyl carbamates (subject to hydrolysis) is 1. The van der Waals surface area contributed by atoms with Gasteiger partial charge in [0.25, 0.3) is 0 Å². The highest BCUT2D eigenvalue weighted by Gasteiger charge is 2.38. The number of para-hydroxylation sites is 2. The Hall–Kier alpha value is -6.19. The van der Waals surface area contributed by atoms with E-state index in [9.17, 15) is 29.4 Å². The van der Waals surface area contributed by atoms with Gasteiger partial charge in [-0.15, -0.1) is 12.4 Å². The first-order chi connectivity index (χ1) is 28.1. The Bertz CT molecular complexity index is 2310. The second-order valence-corrected chi connectivity index (χ2v) is 14.0. The van der Waals surface area contributed by atoms with Crippen LogP contribution in [0.5, 0.6) is 0 Å². The predicted molar refractivity (Wildman–Crippen MR) is 222 cm³/mol. The van der Waals surface area contributed by atoms with Crippen molar-refractivity contribution in [3.63, 3.8) is 0 Å².